The van der Waals surface area contributed by atoms with Crippen LogP contribution in [0.25, 0.3) is 11.3 Å². The Bertz CT molecular complexity index is 637. The Morgan fingerprint density at radius 3 is 2.41 bits per heavy atom. The minimum Gasteiger partial charge on any atom is -0.480 e. The molecule has 22 heavy (non-hydrogen) atoms. The first kappa shape index (κ1) is 16.4. The topological polar surface area (TPSA) is 63.1 Å². The van der Waals surface area contributed by atoms with Crippen molar-refractivity contribution in [1.29, 1.82) is 0 Å². The van der Waals surface area contributed by atoms with Crippen molar-refractivity contribution in [2.45, 2.75) is 38.0 Å². The highest BCUT2D eigenvalue weighted by Gasteiger charge is 2.34. The Balaban J connectivity index is 2.18. The fraction of sp³-hybridized carbons (Fsp3) is 0.353. The summed E-state index contributed by atoms with van der Waals surface area (Å²) in [6, 6.07) is 8.19. The first-order valence-electron chi connectivity index (χ1n) is 7.29. The van der Waals surface area contributed by atoms with Crippen molar-refractivity contribution in [3.8, 4) is 11.3 Å². The summed E-state index contributed by atoms with van der Waals surface area (Å²) >= 11 is 5.96. The second kappa shape index (κ2) is 6.88. The number of nitrogens with zero attached hydrogens (tertiary/aromatic N) is 2. The van der Waals surface area contributed by atoms with E-state index in [2.05, 4.69) is 29.0 Å². The predicted molar refractivity (Wildman–Crippen MR) is 86.9 cm³/mol. The number of alkyl halides is 1. The third-order valence-corrected chi connectivity index (χ3v) is 3.96. The number of carboxylic acid groups (broad SMARTS) is 1. The number of hydrogen-bond acceptors (Lipinski definition) is 3. The molecule has 2 rings (SSSR count). The SMILES string of the molecule is CCCCc1ccc(-c2cnc([C@@](C)(Cl)C(=O)O)cn2)cc1. The molecule has 4 nitrogen and oxygen atoms in total. The van der Waals surface area contributed by atoms with Crippen LogP contribution in [0.2, 0.25) is 0 Å². The van der Waals surface area contributed by atoms with Crippen LogP contribution in [-0.2, 0) is 16.1 Å². The lowest BCUT2D eigenvalue weighted by molar-refractivity contribution is -0.140. The third kappa shape index (κ3) is 3.63. The van der Waals surface area contributed by atoms with Crippen molar-refractivity contribution in [3.05, 3.63) is 47.9 Å². The molecule has 1 atom stereocenters. The number of carbonyl (C=O) groups is 1. The molecule has 116 valence electrons. The number of hydrogen-bond donors (Lipinski definition) is 1. The van der Waals surface area contributed by atoms with E-state index < -0.39 is 10.8 Å². The van der Waals surface area contributed by atoms with Gasteiger partial charge in [-0.2, -0.15) is 0 Å². The van der Waals surface area contributed by atoms with Crippen molar-refractivity contribution in [3.63, 3.8) is 0 Å². The van der Waals surface area contributed by atoms with Crippen LogP contribution in [0.1, 0.15) is 37.9 Å². The van der Waals surface area contributed by atoms with Gasteiger partial charge in [-0.25, -0.2) is 4.79 Å². The van der Waals surface area contributed by atoms with E-state index in [-0.39, 0.29) is 5.69 Å². The van der Waals surface area contributed by atoms with E-state index in [9.17, 15) is 4.79 Å². The summed E-state index contributed by atoms with van der Waals surface area (Å²) in [5, 5.41) is 9.08. The Labute approximate surface area is 135 Å². The van der Waals surface area contributed by atoms with Gasteiger partial charge in [0.1, 0.15) is 0 Å². The predicted octanol–water partition coefficient (Wildman–Crippen LogP) is 4.02. The lowest BCUT2D eigenvalue weighted by Crippen LogP contribution is -2.27. The summed E-state index contributed by atoms with van der Waals surface area (Å²) in [7, 11) is 0. The highest BCUT2D eigenvalue weighted by atomic mass is 35.5. The van der Waals surface area contributed by atoms with E-state index in [4.69, 9.17) is 16.7 Å². The summed E-state index contributed by atoms with van der Waals surface area (Å²) in [4.78, 5) is 18.0. The van der Waals surface area contributed by atoms with E-state index in [1.807, 2.05) is 12.1 Å². The number of unbranched alkanes of at least 4 members (excludes halogenated alkanes) is 1. The molecule has 0 radical (unpaired) electrons. The Morgan fingerprint density at radius 1 is 1.23 bits per heavy atom. The molecule has 0 aliphatic rings. The van der Waals surface area contributed by atoms with Crippen LogP contribution in [0.15, 0.2) is 36.7 Å². The number of aromatic nitrogens is 2. The van der Waals surface area contributed by atoms with Gasteiger partial charge in [-0.05, 0) is 25.3 Å². The largest absolute Gasteiger partial charge is 0.480 e. The summed E-state index contributed by atoms with van der Waals surface area (Å²) in [5.41, 5.74) is 3.17. The standard InChI is InChI=1S/C17H19ClN2O2/c1-3-4-5-12-6-8-13(9-7-12)14-10-20-15(11-19-14)17(2,18)16(21)22/h6-11H,3-5H2,1-2H3,(H,21,22)/t17-/m1/s1. The number of carboxylic acids is 1. The number of aryl methyl sites for hydroxylation is 1. The fourth-order valence-electron chi connectivity index (χ4n) is 2.05. The second-order valence-corrected chi connectivity index (χ2v) is 6.15. The van der Waals surface area contributed by atoms with Crippen molar-refractivity contribution in [2.75, 3.05) is 0 Å². The first-order valence-corrected chi connectivity index (χ1v) is 7.67. The number of rotatable bonds is 6. The van der Waals surface area contributed by atoms with Crippen LogP contribution in [0.5, 0.6) is 0 Å². The summed E-state index contributed by atoms with van der Waals surface area (Å²) in [6.07, 6.45) is 6.40. The summed E-state index contributed by atoms with van der Waals surface area (Å²) < 4.78 is 0. The van der Waals surface area contributed by atoms with Crippen LogP contribution in [0, 0.1) is 0 Å². The van der Waals surface area contributed by atoms with Gasteiger partial charge in [0, 0.05) is 5.56 Å². The molecule has 0 aliphatic heterocycles. The van der Waals surface area contributed by atoms with E-state index in [1.54, 1.807) is 6.20 Å². The molecule has 2 aromatic rings. The lowest BCUT2D eigenvalue weighted by Gasteiger charge is -2.15. The number of halogens is 1. The smallest absolute Gasteiger partial charge is 0.330 e. The van der Waals surface area contributed by atoms with Gasteiger partial charge in [0.05, 0.1) is 23.8 Å². The highest BCUT2D eigenvalue weighted by Crippen LogP contribution is 2.27. The average molecular weight is 319 g/mol. The van der Waals surface area contributed by atoms with Crippen molar-refractivity contribution in [1.82, 2.24) is 9.97 Å². The quantitative estimate of drug-likeness (QED) is 0.817. The van der Waals surface area contributed by atoms with Crippen molar-refractivity contribution in [2.24, 2.45) is 0 Å². The molecule has 1 N–H and O–H groups in total. The van der Waals surface area contributed by atoms with Crippen LogP contribution in [0.3, 0.4) is 0 Å². The van der Waals surface area contributed by atoms with Crippen molar-refractivity contribution >= 4 is 17.6 Å². The molecule has 5 heteroatoms. The van der Waals surface area contributed by atoms with E-state index in [1.165, 1.54) is 31.5 Å². The van der Waals surface area contributed by atoms with Gasteiger partial charge in [-0.15, -0.1) is 0 Å². The highest BCUT2D eigenvalue weighted by molar-refractivity contribution is 6.33. The maximum absolute atomic E-state index is 11.1. The molecule has 0 amide bonds. The molecule has 0 saturated carbocycles. The molecule has 1 aromatic heterocycles. The third-order valence-electron chi connectivity index (χ3n) is 3.60. The fourth-order valence-corrected chi connectivity index (χ4v) is 2.15. The average Bonchev–Trinajstić information content (AvgIpc) is 2.53. The Kier molecular flexibility index (Phi) is 5.14. The summed E-state index contributed by atoms with van der Waals surface area (Å²) in [6.45, 7) is 3.57. The zero-order valence-corrected chi connectivity index (χ0v) is 13.5. The minimum atomic E-state index is -1.56. The maximum atomic E-state index is 11.1. The van der Waals surface area contributed by atoms with Crippen LogP contribution in [0.4, 0.5) is 0 Å². The Morgan fingerprint density at radius 2 is 1.91 bits per heavy atom. The molecule has 0 saturated heterocycles. The van der Waals surface area contributed by atoms with E-state index in [0.29, 0.717) is 5.69 Å². The molecule has 0 bridgehead atoms. The normalized spacial score (nSPS) is 13.6. The van der Waals surface area contributed by atoms with Gasteiger partial charge < -0.3 is 5.11 Å². The first-order chi connectivity index (χ1) is 10.4. The molecule has 0 fully saturated rings. The van der Waals surface area contributed by atoms with Gasteiger partial charge in [0.2, 0.25) is 0 Å². The zero-order chi connectivity index (χ0) is 16.2. The van der Waals surface area contributed by atoms with Gasteiger partial charge in [0.15, 0.2) is 4.87 Å². The van der Waals surface area contributed by atoms with E-state index in [0.717, 1.165) is 12.0 Å². The molecular weight excluding hydrogens is 300 g/mol. The monoisotopic (exact) mass is 318 g/mol. The molecule has 0 spiro atoms. The maximum Gasteiger partial charge on any atom is 0.330 e. The lowest BCUT2D eigenvalue weighted by atomic mass is 10.0. The molecule has 0 aliphatic carbocycles. The second-order valence-electron chi connectivity index (χ2n) is 5.40. The minimum absolute atomic E-state index is 0.227. The summed E-state index contributed by atoms with van der Waals surface area (Å²) in [5.74, 6) is -1.14. The van der Waals surface area contributed by atoms with Gasteiger partial charge >= 0.3 is 5.97 Å². The number of benzene rings is 1. The zero-order valence-electron chi connectivity index (χ0n) is 12.7. The van der Waals surface area contributed by atoms with Gasteiger partial charge in [-0.1, -0.05) is 49.2 Å². The molecule has 1 aromatic carbocycles. The molecule has 1 heterocycles. The van der Waals surface area contributed by atoms with Gasteiger partial charge in [0.25, 0.3) is 0 Å². The van der Waals surface area contributed by atoms with E-state index >= 15 is 0 Å². The van der Waals surface area contributed by atoms with Crippen LogP contribution >= 0.6 is 11.6 Å². The van der Waals surface area contributed by atoms with Crippen molar-refractivity contribution < 1.29 is 9.90 Å². The number of aliphatic carboxylic acids is 1. The molecule has 0 unspecified atom stereocenters. The molecular formula is C17H19ClN2O2. The van der Waals surface area contributed by atoms with Crippen LogP contribution < -0.4 is 0 Å². The Hall–Kier alpha value is -1.94. The van der Waals surface area contributed by atoms with Crippen LogP contribution in [-0.4, -0.2) is 21.0 Å². The van der Waals surface area contributed by atoms with Gasteiger partial charge in [-0.3, -0.25) is 9.97 Å².